The lowest BCUT2D eigenvalue weighted by atomic mass is 10.1. The van der Waals surface area contributed by atoms with Gasteiger partial charge in [-0.3, -0.25) is 9.89 Å². The van der Waals surface area contributed by atoms with Crippen molar-refractivity contribution in [3.63, 3.8) is 0 Å². The molecule has 4 rings (SSSR count). The molecule has 0 fully saturated rings. The van der Waals surface area contributed by atoms with E-state index in [9.17, 15) is 9.59 Å². The standard InChI is InChI=1S/C15H14N4O4/c20-14(9-8-10(15(21)22)17-16-9)19-5-4-18-6-7-23-12-3-1-2-11(19)13(12)18/h1-3,8H,4-7H2,(H,16,17)(H,21,22). The third-order valence-electron chi connectivity index (χ3n) is 4.07. The topological polar surface area (TPSA) is 98.8 Å². The normalized spacial score (nSPS) is 15.8. The highest BCUT2D eigenvalue weighted by molar-refractivity contribution is 6.08. The average molecular weight is 314 g/mol. The zero-order valence-electron chi connectivity index (χ0n) is 12.2. The predicted molar refractivity (Wildman–Crippen MR) is 81.4 cm³/mol. The van der Waals surface area contributed by atoms with Crippen molar-refractivity contribution in [3.05, 3.63) is 35.7 Å². The average Bonchev–Trinajstić information content (AvgIpc) is 3.05. The lowest BCUT2D eigenvalue weighted by molar-refractivity contribution is 0.0690. The van der Waals surface area contributed by atoms with Gasteiger partial charge in [0.25, 0.3) is 5.91 Å². The van der Waals surface area contributed by atoms with Gasteiger partial charge in [0.15, 0.2) is 5.69 Å². The molecule has 0 saturated carbocycles. The number of carbonyl (C=O) groups excluding carboxylic acids is 1. The minimum Gasteiger partial charge on any atom is -0.489 e. The Morgan fingerprint density at radius 1 is 1.26 bits per heavy atom. The Bertz CT molecular complexity index is 801. The fourth-order valence-corrected chi connectivity index (χ4v) is 3.00. The molecule has 0 saturated heterocycles. The van der Waals surface area contributed by atoms with Crippen LogP contribution in [0, 0.1) is 0 Å². The van der Waals surface area contributed by atoms with Crippen molar-refractivity contribution in [3.8, 4) is 5.75 Å². The molecular formula is C15H14N4O4. The summed E-state index contributed by atoms with van der Waals surface area (Å²) in [6, 6.07) is 6.85. The van der Waals surface area contributed by atoms with E-state index in [-0.39, 0.29) is 17.3 Å². The van der Waals surface area contributed by atoms with Gasteiger partial charge in [0, 0.05) is 19.2 Å². The highest BCUT2D eigenvalue weighted by atomic mass is 16.5. The van der Waals surface area contributed by atoms with Crippen molar-refractivity contribution >= 4 is 23.3 Å². The van der Waals surface area contributed by atoms with Crippen molar-refractivity contribution in [1.29, 1.82) is 0 Å². The SMILES string of the molecule is O=C(O)c1cc(C(=O)N2CCN3CCOc4cccc2c43)n[nH]1. The number of nitrogens with zero attached hydrogens (tertiary/aromatic N) is 3. The van der Waals surface area contributed by atoms with Gasteiger partial charge in [0.1, 0.15) is 23.7 Å². The van der Waals surface area contributed by atoms with Gasteiger partial charge in [-0.2, -0.15) is 5.10 Å². The van der Waals surface area contributed by atoms with Crippen molar-refractivity contribution in [2.45, 2.75) is 0 Å². The van der Waals surface area contributed by atoms with Crippen LogP contribution < -0.4 is 14.5 Å². The molecule has 118 valence electrons. The summed E-state index contributed by atoms with van der Waals surface area (Å²) in [5.74, 6) is -0.710. The molecule has 8 heteroatoms. The van der Waals surface area contributed by atoms with Gasteiger partial charge in [-0.1, -0.05) is 6.07 Å². The van der Waals surface area contributed by atoms with Crippen LogP contribution in [-0.2, 0) is 0 Å². The number of ether oxygens (including phenoxy) is 1. The molecule has 0 bridgehead atoms. The third-order valence-corrected chi connectivity index (χ3v) is 4.07. The smallest absolute Gasteiger partial charge is 0.353 e. The lowest BCUT2D eigenvalue weighted by Crippen LogP contribution is -2.47. The Labute approximate surface area is 131 Å². The first-order valence-corrected chi connectivity index (χ1v) is 7.26. The highest BCUT2D eigenvalue weighted by Gasteiger charge is 2.32. The molecule has 0 aliphatic carbocycles. The third kappa shape index (κ3) is 2.10. The van der Waals surface area contributed by atoms with Gasteiger partial charge in [-0.05, 0) is 12.1 Å². The molecular weight excluding hydrogens is 300 g/mol. The molecule has 2 aliphatic rings. The summed E-state index contributed by atoms with van der Waals surface area (Å²) < 4.78 is 5.66. The van der Waals surface area contributed by atoms with Gasteiger partial charge in [0.2, 0.25) is 0 Å². The van der Waals surface area contributed by atoms with Crippen LogP contribution in [-0.4, -0.2) is 53.4 Å². The first kappa shape index (κ1) is 13.6. The molecule has 1 aromatic carbocycles. The van der Waals surface area contributed by atoms with E-state index in [0.29, 0.717) is 19.7 Å². The molecule has 23 heavy (non-hydrogen) atoms. The van der Waals surface area contributed by atoms with Gasteiger partial charge < -0.3 is 19.6 Å². The van der Waals surface area contributed by atoms with Crippen LogP contribution in [0.15, 0.2) is 24.3 Å². The van der Waals surface area contributed by atoms with E-state index >= 15 is 0 Å². The number of aromatic carboxylic acids is 1. The molecule has 1 amide bonds. The number of hydrogen-bond donors (Lipinski definition) is 2. The number of amides is 1. The predicted octanol–water partition coefficient (Wildman–Crippen LogP) is 0.967. The van der Waals surface area contributed by atoms with Crippen LogP contribution in [0.5, 0.6) is 5.75 Å². The summed E-state index contributed by atoms with van der Waals surface area (Å²) in [6.45, 7) is 2.64. The molecule has 0 atom stereocenters. The molecule has 2 aromatic rings. The molecule has 0 unspecified atom stereocenters. The maximum absolute atomic E-state index is 12.7. The first-order valence-electron chi connectivity index (χ1n) is 7.26. The summed E-state index contributed by atoms with van der Waals surface area (Å²) in [6.07, 6.45) is 0. The van der Waals surface area contributed by atoms with Gasteiger partial charge in [0.05, 0.1) is 12.2 Å². The second-order valence-corrected chi connectivity index (χ2v) is 5.39. The number of aromatic amines is 1. The van der Waals surface area contributed by atoms with E-state index in [4.69, 9.17) is 9.84 Å². The number of H-pyrrole nitrogens is 1. The van der Waals surface area contributed by atoms with Crippen molar-refractivity contribution in [2.75, 3.05) is 36.0 Å². The minimum atomic E-state index is -1.15. The summed E-state index contributed by atoms with van der Waals surface area (Å²) in [5, 5.41) is 15.1. The molecule has 2 N–H and O–H groups in total. The second kappa shape index (κ2) is 5.01. The summed E-state index contributed by atoms with van der Waals surface area (Å²) >= 11 is 0. The molecule has 2 aliphatic heterocycles. The first-order chi connectivity index (χ1) is 11.1. The maximum Gasteiger partial charge on any atom is 0.353 e. The molecule has 3 heterocycles. The number of carboxylic acid groups (broad SMARTS) is 1. The van der Waals surface area contributed by atoms with Crippen molar-refractivity contribution < 1.29 is 19.4 Å². The van der Waals surface area contributed by atoms with Gasteiger partial charge >= 0.3 is 5.97 Å². The quantitative estimate of drug-likeness (QED) is 0.857. The largest absolute Gasteiger partial charge is 0.489 e. The van der Waals surface area contributed by atoms with E-state index in [1.165, 1.54) is 6.07 Å². The number of carbonyl (C=O) groups is 2. The number of benzene rings is 1. The van der Waals surface area contributed by atoms with Crippen LogP contribution in [0.2, 0.25) is 0 Å². The zero-order valence-corrected chi connectivity index (χ0v) is 12.2. The van der Waals surface area contributed by atoms with E-state index in [1.807, 2.05) is 18.2 Å². The Hall–Kier alpha value is -3.03. The monoisotopic (exact) mass is 314 g/mol. The highest BCUT2D eigenvalue weighted by Crippen LogP contribution is 2.42. The van der Waals surface area contributed by atoms with Crippen LogP contribution in [0.3, 0.4) is 0 Å². The van der Waals surface area contributed by atoms with Crippen LogP contribution in [0.25, 0.3) is 0 Å². The summed E-state index contributed by atoms with van der Waals surface area (Å²) in [7, 11) is 0. The fourth-order valence-electron chi connectivity index (χ4n) is 3.00. The Balaban J connectivity index is 1.72. The van der Waals surface area contributed by atoms with Crippen LogP contribution >= 0.6 is 0 Å². The van der Waals surface area contributed by atoms with Crippen LogP contribution in [0.4, 0.5) is 11.4 Å². The molecule has 1 aromatic heterocycles. The van der Waals surface area contributed by atoms with Crippen molar-refractivity contribution in [1.82, 2.24) is 10.2 Å². The Kier molecular flexibility index (Phi) is 2.97. The number of rotatable bonds is 2. The summed E-state index contributed by atoms with van der Waals surface area (Å²) in [4.78, 5) is 27.5. The number of aromatic nitrogens is 2. The fraction of sp³-hybridized carbons (Fsp3) is 0.267. The summed E-state index contributed by atoms with van der Waals surface area (Å²) in [5.41, 5.74) is 1.65. The number of carboxylic acids is 1. The van der Waals surface area contributed by atoms with Crippen molar-refractivity contribution in [2.24, 2.45) is 0 Å². The number of para-hydroxylation sites is 1. The minimum absolute atomic E-state index is 0.0881. The number of hydrogen-bond acceptors (Lipinski definition) is 5. The van der Waals surface area contributed by atoms with Gasteiger partial charge in [-0.15, -0.1) is 0 Å². The van der Waals surface area contributed by atoms with E-state index in [1.54, 1.807) is 4.90 Å². The lowest BCUT2D eigenvalue weighted by Gasteiger charge is -2.40. The Morgan fingerprint density at radius 2 is 2.13 bits per heavy atom. The van der Waals surface area contributed by atoms with E-state index < -0.39 is 5.97 Å². The Morgan fingerprint density at radius 3 is 2.91 bits per heavy atom. The maximum atomic E-state index is 12.7. The second-order valence-electron chi connectivity index (χ2n) is 5.39. The molecule has 0 spiro atoms. The van der Waals surface area contributed by atoms with E-state index in [2.05, 4.69) is 15.1 Å². The number of anilines is 2. The molecule has 0 radical (unpaired) electrons. The number of nitrogens with one attached hydrogen (secondary N) is 1. The molecule has 8 nitrogen and oxygen atoms in total. The van der Waals surface area contributed by atoms with E-state index in [0.717, 1.165) is 23.7 Å². The van der Waals surface area contributed by atoms with Crippen LogP contribution in [0.1, 0.15) is 21.0 Å². The zero-order chi connectivity index (χ0) is 16.0. The van der Waals surface area contributed by atoms with Gasteiger partial charge in [-0.25, -0.2) is 4.79 Å².